The maximum Gasteiger partial charge on any atom is 0.338 e. The maximum absolute atomic E-state index is 14.1. The second kappa shape index (κ2) is 25.9. The number of carbonyl (C=O) groups is 8. The van der Waals surface area contributed by atoms with Gasteiger partial charge >= 0.3 is 47.8 Å². The number of ether oxygens (including phenoxy) is 14. The monoisotopic (exact) mass is 1020 g/mol. The van der Waals surface area contributed by atoms with E-state index in [1.165, 1.54) is 43.3 Å². The first kappa shape index (κ1) is 55.1. The van der Waals surface area contributed by atoms with Gasteiger partial charge in [0, 0.05) is 34.6 Å². The summed E-state index contributed by atoms with van der Waals surface area (Å²) < 4.78 is 83.4. The number of hydrogen-bond donors (Lipinski definition) is 0. The molecule has 0 saturated carbocycles. The van der Waals surface area contributed by atoms with Crippen LogP contribution in [0.3, 0.4) is 0 Å². The van der Waals surface area contributed by atoms with Crippen LogP contribution in [0.1, 0.15) is 72.6 Å². The summed E-state index contributed by atoms with van der Waals surface area (Å²) in [6.45, 7) is 5.16. The highest BCUT2D eigenvalue weighted by atomic mass is 16.8. The van der Waals surface area contributed by atoms with Crippen molar-refractivity contribution in [3.05, 3.63) is 108 Å². The van der Waals surface area contributed by atoms with Crippen LogP contribution in [0, 0.1) is 12.3 Å². The van der Waals surface area contributed by atoms with Crippen molar-refractivity contribution in [2.24, 2.45) is 0 Å². The number of carbonyl (C=O) groups excluding carboxylic acids is 8. The molecular weight excluding hydrogens is 965 g/mol. The molecule has 3 aromatic rings. The van der Waals surface area contributed by atoms with Crippen molar-refractivity contribution in [1.29, 1.82) is 0 Å². The van der Waals surface area contributed by atoms with Crippen LogP contribution in [0.5, 0.6) is 0 Å². The van der Waals surface area contributed by atoms with Gasteiger partial charge in [-0.3, -0.25) is 24.0 Å². The van der Waals surface area contributed by atoms with Crippen molar-refractivity contribution in [2.75, 3.05) is 19.8 Å². The molecule has 0 bridgehead atoms. The van der Waals surface area contributed by atoms with Crippen LogP contribution >= 0.6 is 0 Å². The van der Waals surface area contributed by atoms with Gasteiger partial charge in [0.05, 0.1) is 36.0 Å². The minimum absolute atomic E-state index is 0.0512. The van der Waals surface area contributed by atoms with Gasteiger partial charge in [-0.15, -0.1) is 6.42 Å². The average Bonchev–Trinajstić information content (AvgIpc) is 3.35. The molecule has 3 saturated heterocycles. The summed E-state index contributed by atoms with van der Waals surface area (Å²) in [6.07, 6.45) is -16.7. The second-order valence-corrected chi connectivity index (χ2v) is 16.6. The van der Waals surface area contributed by atoms with Crippen molar-refractivity contribution in [3.8, 4) is 12.3 Å². The van der Waals surface area contributed by atoms with Gasteiger partial charge in [0.1, 0.15) is 12.7 Å². The molecule has 22 heteroatoms. The van der Waals surface area contributed by atoms with Crippen LogP contribution in [0.4, 0.5) is 0 Å². The Kier molecular flexibility index (Phi) is 19.5. The second-order valence-electron chi connectivity index (χ2n) is 16.6. The number of rotatable bonds is 18. The molecule has 0 N–H and O–H groups in total. The molecule has 0 aliphatic carbocycles. The third kappa shape index (κ3) is 14.9. The molecule has 0 spiro atoms. The Morgan fingerprint density at radius 2 is 0.890 bits per heavy atom. The van der Waals surface area contributed by atoms with E-state index in [1.54, 1.807) is 54.6 Å². The molecule has 14 atom stereocenters. The first-order chi connectivity index (χ1) is 34.9. The molecule has 22 nitrogen and oxygen atoms in total. The number of terminal acetylenes is 1. The van der Waals surface area contributed by atoms with Crippen LogP contribution in [0.2, 0.25) is 0 Å². The van der Waals surface area contributed by atoms with Crippen LogP contribution in [0.15, 0.2) is 91.0 Å². The lowest BCUT2D eigenvalue weighted by molar-refractivity contribution is -0.362. The van der Waals surface area contributed by atoms with Crippen LogP contribution in [-0.2, 0) is 90.3 Å². The summed E-state index contributed by atoms with van der Waals surface area (Å²) in [4.78, 5) is 104. The third-order valence-corrected chi connectivity index (χ3v) is 11.0. The highest BCUT2D eigenvalue weighted by Crippen LogP contribution is 2.36. The molecule has 0 unspecified atom stereocenters. The Labute approximate surface area is 418 Å². The van der Waals surface area contributed by atoms with Gasteiger partial charge in [-0.25, -0.2) is 14.4 Å². The van der Waals surface area contributed by atoms with E-state index in [0.29, 0.717) is 0 Å². The molecule has 0 aromatic heterocycles. The van der Waals surface area contributed by atoms with E-state index >= 15 is 0 Å². The van der Waals surface area contributed by atoms with E-state index < -0.39 is 154 Å². The molecular formula is C51H54O22. The zero-order valence-electron chi connectivity index (χ0n) is 40.4. The standard InChI is InChI=1S/C51H54O22/c1-8-24-60-49-44(72-48(59)35-22-16-11-17-23-35)42(71-47(58)34-20-14-10-15-21-34)39(70-46(57)33-18-12-9-13-19-33)37(69-49)26-61-50-45(41(67-31(6)55)38(27(2)63-50)65-29(4)53)73-51-43(68-32(7)56)40(66-30(5)54)36(25-62-51)64-28(3)52/h1,9-23,27,36-45,49-51H,24-26H2,2-7H3/t27-,36-,37-,38+,39-,40+,41+,42+,43-,44-,45-,49-,50-,51+/m1/s1. The zero-order valence-corrected chi connectivity index (χ0v) is 40.4. The molecule has 3 aromatic carbocycles. The van der Waals surface area contributed by atoms with Gasteiger partial charge in [-0.05, 0) is 43.3 Å². The van der Waals surface area contributed by atoms with Crippen LogP contribution < -0.4 is 0 Å². The van der Waals surface area contributed by atoms with Crippen molar-refractivity contribution in [3.63, 3.8) is 0 Å². The van der Waals surface area contributed by atoms with Gasteiger partial charge in [0.25, 0.3) is 0 Å². The predicted molar refractivity (Wildman–Crippen MR) is 243 cm³/mol. The maximum atomic E-state index is 14.1. The van der Waals surface area contributed by atoms with E-state index in [9.17, 15) is 38.4 Å². The Morgan fingerprint density at radius 3 is 1.38 bits per heavy atom. The molecule has 73 heavy (non-hydrogen) atoms. The third-order valence-electron chi connectivity index (χ3n) is 11.0. The summed E-state index contributed by atoms with van der Waals surface area (Å²) in [6, 6.07) is 23.3. The molecule has 0 amide bonds. The summed E-state index contributed by atoms with van der Waals surface area (Å²) in [5.74, 6) is -4.78. The number of benzene rings is 3. The fraction of sp³-hybridized carbons (Fsp3) is 0.451. The Bertz CT molecular complexity index is 2440. The fourth-order valence-corrected chi connectivity index (χ4v) is 8.08. The Morgan fingerprint density at radius 1 is 0.479 bits per heavy atom. The molecule has 3 aliphatic heterocycles. The molecule has 3 aliphatic rings. The van der Waals surface area contributed by atoms with E-state index in [1.807, 2.05) is 0 Å². The summed E-state index contributed by atoms with van der Waals surface area (Å²) in [5.41, 5.74) is 0.188. The molecule has 0 radical (unpaired) electrons. The normalized spacial score (nSPS) is 28.6. The lowest BCUT2D eigenvalue weighted by Gasteiger charge is -2.48. The average molecular weight is 1020 g/mol. The van der Waals surface area contributed by atoms with E-state index in [2.05, 4.69) is 5.92 Å². The fourth-order valence-electron chi connectivity index (χ4n) is 8.08. The van der Waals surface area contributed by atoms with Gasteiger partial charge in [-0.1, -0.05) is 60.5 Å². The highest BCUT2D eigenvalue weighted by molar-refractivity contribution is 5.91. The van der Waals surface area contributed by atoms with Gasteiger partial charge in [-0.2, -0.15) is 0 Å². The van der Waals surface area contributed by atoms with Gasteiger partial charge < -0.3 is 66.3 Å². The minimum atomic E-state index is -1.75. The van der Waals surface area contributed by atoms with Crippen molar-refractivity contribution in [2.45, 2.75) is 128 Å². The lowest BCUT2D eigenvalue weighted by atomic mass is 9.97. The van der Waals surface area contributed by atoms with Crippen molar-refractivity contribution >= 4 is 47.8 Å². The summed E-state index contributed by atoms with van der Waals surface area (Å²) >= 11 is 0. The number of hydrogen-bond acceptors (Lipinski definition) is 22. The summed E-state index contributed by atoms with van der Waals surface area (Å²) in [7, 11) is 0. The first-order valence-corrected chi connectivity index (χ1v) is 22.8. The van der Waals surface area contributed by atoms with Crippen LogP contribution in [-0.4, -0.2) is 154 Å². The van der Waals surface area contributed by atoms with Gasteiger partial charge in [0.15, 0.2) is 73.8 Å². The van der Waals surface area contributed by atoms with Crippen molar-refractivity contribution in [1.82, 2.24) is 0 Å². The largest absolute Gasteiger partial charge is 0.456 e. The molecule has 6 rings (SSSR count). The smallest absolute Gasteiger partial charge is 0.338 e. The van der Waals surface area contributed by atoms with E-state index in [4.69, 9.17) is 72.7 Å². The van der Waals surface area contributed by atoms with Gasteiger partial charge in [0.2, 0.25) is 0 Å². The SMILES string of the molecule is C#CCO[C@@H]1O[C@H](CO[C@@H]2O[C@H](C)[C@H](OC(C)=O)[C@H](OC(C)=O)[C@H]2O[C@@H]2OC[C@@H](OC(C)=O)[C@H](OC(C)=O)[C@H]2OC(C)=O)[C@@H](OC(=O)c2ccccc2)[C@H](OC(=O)c2ccccc2)[C@H]1OC(=O)c1ccccc1. The summed E-state index contributed by atoms with van der Waals surface area (Å²) in [5, 5.41) is 0. The predicted octanol–water partition coefficient (Wildman–Crippen LogP) is 3.20. The molecule has 3 heterocycles. The first-order valence-electron chi connectivity index (χ1n) is 22.8. The van der Waals surface area contributed by atoms with Crippen molar-refractivity contribution < 1.29 is 105 Å². The highest BCUT2D eigenvalue weighted by Gasteiger charge is 2.57. The lowest BCUT2D eigenvalue weighted by Crippen LogP contribution is -2.65. The molecule has 3 fully saturated rings. The molecule has 390 valence electrons. The topological polar surface area (TPSA) is 266 Å². The van der Waals surface area contributed by atoms with Crippen LogP contribution in [0.25, 0.3) is 0 Å². The van der Waals surface area contributed by atoms with E-state index in [-0.39, 0.29) is 16.7 Å². The minimum Gasteiger partial charge on any atom is -0.456 e. The zero-order chi connectivity index (χ0) is 52.8. The Balaban J connectivity index is 1.43. The van der Waals surface area contributed by atoms with E-state index in [0.717, 1.165) is 34.6 Å². The quantitative estimate of drug-likeness (QED) is 0.101. The number of esters is 8. The Hall–Kier alpha value is -7.26.